The molecule has 4 aromatic rings. The number of amides is 2. The Labute approximate surface area is 192 Å². The molecule has 0 unspecified atom stereocenters. The van der Waals surface area contributed by atoms with Gasteiger partial charge in [0.05, 0.1) is 18.2 Å². The van der Waals surface area contributed by atoms with E-state index in [2.05, 4.69) is 41.6 Å². The number of nitrogens with zero attached hydrogens (tertiary/aromatic N) is 2. The summed E-state index contributed by atoms with van der Waals surface area (Å²) < 4.78 is 5.32. The van der Waals surface area contributed by atoms with E-state index in [-0.39, 0.29) is 11.4 Å². The smallest absolute Gasteiger partial charge is 0.323 e. The zero-order valence-electron chi connectivity index (χ0n) is 19.4. The van der Waals surface area contributed by atoms with Crippen molar-refractivity contribution >= 4 is 34.3 Å². The van der Waals surface area contributed by atoms with Crippen LogP contribution < -0.4 is 21.1 Å². The SMILES string of the molecule is COc1ccc(C)cc1NC(=O)Nc1ccc(-c2cc(C(C)(C)C)nc3[nH]nc(N)c23)cc1. The van der Waals surface area contributed by atoms with Crippen LogP contribution in [0.1, 0.15) is 32.0 Å². The van der Waals surface area contributed by atoms with Gasteiger partial charge >= 0.3 is 6.03 Å². The van der Waals surface area contributed by atoms with E-state index in [4.69, 9.17) is 15.5 Å². The zero-order valence-corrected chi connectivity index (χ0v) is 19.4. The normalized spacial score (nSPS) is 11.4. The van der Waals surface area contributed by atoms with Crippen LogP contribution in [0.5, 0.6) is 5.75 Å². The van der Waals surface area contributed by atoms with Gasteiger partial charge in [0.15, 0.2) is 11.5 Å². The molecule has 0 radical (unpaired) electrons. The number of anilines is 3. The molecule has 8 nitrogen and oxygen atoms in total. The summed E-state index contributed by atoms with van der Waals surface area (Å²) in [5, 5.41) is 13.5. The van der Waals surface area contributed by atoms with Crippen molar-refractivity contribution in [2.45, 2.75) is 33.1 Å². The summed E-state index contributed by atoms with van der Waals surface area (Å²) in [6.07, 6.45) is 0. The van der Waals surface area contributed by atoms with E-state index in [0.717, 1.165) is 27.8 Å². The lowest BCUT2D eigenvalue weighted by Crippen LogP contribution is -2.19. The number of rotatable bonds is 4. The Morgan fingerprint density at radius 2 is 1.79 bits per heavy atom. The third kappa shape index (κ3) is 4.59. The van der Waals surface area contributed by atoms with Crippen LogP contribution in [0.2, 0.25) is 0 Å². The molecule has 0 aliphatic rings. The van der Waals surface area contributed by atoms with Crippen molar-refractivity contribution in [1.82, 2.24) is 15.2 Å². The predicted octanol–water partition coefficient (Wildman–Crippen LogP) is 5.47. The first kappa shape index (κ1) is 22.1. The number of nitrogen functional groups attached to an aromatic ring is 1. The van der Waals surface area contributed by atoms with Gasteiger partial charge in [0.2, 0.25) is 0 Å². The van der Waals surface area contributed by atoms with E-state index in [0.29, 0.717) is 28.6 Å². The number of fused-ring (bicyclic) bond motifs is 1. The van der Waals surface area contributed by atoms with Gasteiger partial charge in [-0.25, -0.2) is 9.78 Å². The molecule has 0 aliphatic heterocycles. The number of methoxy groups -OCH3 is 1. The lowest BCUT2D eigenvalue weighted by atomic mass is 9.89. The third-order valence-electron chi connectivity index (χ3n) is 5.38. The zero-order chi connectivity index (χ0) is 23.8. The van der Waals surface area contributed by atoms with Gasteiger partial charge in [0.25, 0.3) is 0 Å². The summed E-state index contributed by atoms with van der Waals surface area (Å²) in [4.78, 5) is 17.2. The molecule has 0 spiro atoms. The molecule has 0 atom stereocenters. The Morgan fingerprint density at radius 3 is 2.45 bits per heavy atom. The minimum Gasteiger partial charge on any atom is -0.495 e. The number of H-pyrrole nitrogens is 1. The highest BCUT2D eigenvalue weighted by Gasteiger charge is 2.21. The number of urea groups is 1. The molecule has 33 heavy (non-hydrogen) atoms. The van der Waals surface area contributed by atoms with E-state index in [1.165, 1.54) is 0 Å². The molecule has 170 valence electrons. The maximum absolute atomic E-state index is 12.5. The van der Waals surface area contributed by atoms with Crippen LogP contribution in [0.4, 0.5) is 22.0 Å². The molecule has 2 aromatic carbocycles. The standard InChI is InChI=1S/C25H28N6O2/c1-14-6-11-19(33-5)18(12-14)28-24(32)27-16-9-7-15(8-10-16)17-13-20(25(2,3)4)29-23-21(17)22(26)30-31-23/h6-13H,1-5H3,(H2,27,28,32)(H3,26,29,30,31). The van der Waals surface area contributed by atoms with Crippen LogP contribution in [0.25, 0.3) is 22.2 Å². The molecule has 5 N–H and O–H groups in total. The van der Waals surface area contributed by atoms with Gasteiger partial charge in [0.1, 0.15) is 5.75 Å². The second-order valence-corrected chi connectivity index (χ2v) is 9.00. The van der Waals surface area contributed by atoms with E-state index < -0.39 is 0 Å². The lowest BCUT2D eigenvalue weighted by molar-refractivity contribution is 0.262. The van der Waals surface area contributed by atoms with Gasteiger partial charge in [0, 0.05) is 16.8 Å². The average Bonchev–Trinajstić information content (AvgIpc) is 3.14. The summed E-state index contributed by atoms with van der Waals surface area (Å²) in [7, 11) is 1.57. The second kappa shape index (κ2) is 8.46. The molecule has 0 bridgehead atoms. The quantitative estimate of drug-likeness (QED) is 0.333. The highest BCUT2D eigenvalue weighted by atomic mass is 16.5. The first-order valence-corrected chi connectivity index (χ1v) is 10.6. The third-order valence-corrected chi connectivity index (χ3v) is 5.38. The number of carbonyl (C=O) groups excluding carboxylic acids is 1. The minimum absolute atomic E-state index is 0.140. The van der Waals surface area contributed by atoms with Gasteiger partial charge in [-0.1, -0.05) is 39.0 Å². The number of aryl methyl sites for hydroxylation is 1. The Bertz CT molecular complexity index is 1320. The molecule has 4 rings (SSSR count). The van der Waals surface area contributed by atoms with E-state index in [1.54, 1.807) is 7.11 Å². The van der Waals surface area contributed by atoms with Crippen LogP contribution in [0.3, 0.4) is 0 Å². The molecule has 2 heterocycles. The number of hydrogen-bond donors (Lipinski definition) is 4. The number of nitrogens with one attached hydrogen (secondary N) is 3. The molecule has 8 heteroatoms. The highest BCUT2D eigenvalue weighted by molar-refractivity contribution is 6.02. The molecule has 2 aromatic heterocycles. The number of aromatic nitrogens is 3. The summed E-state index contributed by atoms with van der Waals surface area (Å²) in [5.74, 6) is 1.00. The van der Waals surface area contributed by atoms with Crippen LogP contribution >= 0.6 is 0 Å². The van der Waals surface area contributed by atoms with Crippen LogP contribution in [-0.2, 0) is 5.41 Å². The van der Waals surface area contributed by atoms with Crippen molar-refractivity contribution in [2.24, 2.45) is 0 Å². The van der Waals surface area contributed by atoms with Gasteiger partial charge in [-0.05, 0) is 53.9 Å². The Balaban J connectivity index is 1.59. The largest absolute Gasteiger partial charge is 0.495 e. The predicted molar refractivity (Wildman–Crippen MR) is 133 cm³/mol. The first-order valence-electron chi connectivity index (χ1n) is 10.6. The van der Waals surface area contributed by atoms with Gasteiger partial charge in [-0.3, -0.25) is 5.10 Å². The molecular formula is C25H28N6O2. The Hall–Kier alpha value is -4.07. The maximum Gasteiger partial charge on any atom is 0.323 e. The number of ether oxygens (including phenoxy) is 1. The fraction of sp³-hybridized carbons (Fsp3) is 0.240. The van der Waals surface area contributed by atoms with Crippen molar-refractivity contribution in [2.75, 3.05) is 23.5 Å². The Kier molecular flexibility index (Phi) is 5.68. The Morgan fingerprint density at radius 1 is 1.06 bits per heavy atom. The summed E-state index contributed by atoms with van der Waals surface area (Å²) in [6.45, 7) is 8.29. The summed E-state index contributed by atoms with van der Waals surface area (Å²) >= 11 is 0. The van der Waals surface area contributed by atoms with Crippen LogP contribution in [-0.4, -0.2) is 28.3 Å². The topological polar surface area (TPSA) is 118 Å². The van der Waals surface area contributed by atoms with Crippen molar-refractivity contribution < 1.29 is 9.53 Å². The number of carbonyl (C=O) groups is 1. The van der Waals surface area contributed by atoms with Gasteiger partial charge in [-0.15, -0.1) is 0 Å². The van der Waals surface area contributed by atoms with E-state index >= 15 is 0 Å². The van der Waals surface area contributed by atoms with Crippen molar-refractivity contribution in [3.05, 3.63) is 59.8 Å². The van der Waals surface area contributed by atoms with Gasteiger partial charge < -0.3 is 21.1 Å². The minimum atomic E-state index is -0.355. The number of aromatic amines is 1. The molecule has 0 aliphatic carbocycles. The fourth-order valence-electron chi connectivity index (χ4n) is 3.60. The van der Waals surface area contributed by atoms with Crippen LogP contribution in [0, 0.1) is 6.92 Å². The monoisotopic (exact) mass is 444 g/mol. The van der Waals surface area contributed by atoms with E-state index in [1.807, 2.05) is 55.5 Å². The molecule has 2 amide bonds. The fourth-order valence-corrected chi connectivity index (χ4v) is 3.60. The van der Waals surface area contributed by atoms with Crippen molar-refractivity contribution in [3.8, 4) is 16.9 Å². The summed E-state index contributed by atoms with van der Waals surface area (Å²) in [5.41, 5.74) is 11.7. The number of pyridine rings is 1. The maximum atomic E-state index is 12.5. The molecular weight excluding hydrogens is 416 g/mol. The first-order chi connectivity index (χ1) is 15.7. The molecule has 0 saturated heterocycles. The van der Waals surface area contributed by atoms with Gasteiger partial charge in [-0.2, -0.15) is 5.10 Å². The average molecular weight is 445 g/mol. The number of hydrogen-bond acceptors (Lipinski definition) is 5. The molecule has 0 fully saturated rings. The lowest BCUT2D eigenvalue weighted by Gasteiger charge is -2.19. The van der Waals surface area contributed by atoms with Crippen LogP contribution in [0.15, 0.2) is 48.5 Å². The highest BCUT2D eigenvalue weighted by Crippen LogP contribution is 2.35. The van der Waals surface area contributed by atoms with E-state index in [9.17, 15) is 4.79 Å². The number of benzene rings is 2. The van der Waals surface area contributed by atoms with Crippen molar-refractivity contribution in [3.63, 3.8) is 0 Å². The van der Waals surface area contributed by atoms with Crippen molar-refractivity contribution in [1.29, 1.82) is 0 Å². The number of nitrogens with two attached hydrogens (primary N) is 1. The second-order valence-electron chi connectivity index (χ2n) is 9.00. The summed E-state index contributed by atoms with van der Waals surface area (Å²) in [6, 6.07) is 14.9. The molecule has 0 saturated carbocycles.